The van der Waals surface area contributed by atoms with E-state index < -0.39 is 10.8 Å². The van der Waals surface area contributed by atoms with Gasteiger partial charge in [0, 0.05) is 46.1 Å². The number of pyridine rings is 1. The Hall–Kier alpha value is -1.63. The van der Waals surface area contributed by atoms with Gasteiger partial charge in [0.05, 0.1) is 13.2 Å². The van der Waals surface area contributed by atoms with Crippen molar-refractivity contribution < 1.29 is 8.95 Å². The summed E-state index contributed by atoms with van der Waals surface area (Å²) in [5.74, 6) is 2.21. The molecule has 152 valence electrons. The first-order valence-electron chi connectivity index (χ1n) is 10.2. The fourth-order valence-corrected chi connectivity index (χ4v) is 4.65. The van der Waals surface area contributed by atoms with Gasteiger partial charge in [-0.1, -0.05) is 26.3 Å². The zero-order valence-corrected chi connectivity index (χ0v) is 17.7. The van der Waals surface area contributed by atoms with Gasteiger partial charge < -0.3 is 15.4 Å². The fourth-order valence-electron chi connectivity index (χ4n) is 3.30. The molecule has 27 heavy (non-hydrogen) atoms. The molecule has 0 aliphatic heterocycles. The SMILES string of the molecule is CCCOc1ncccc1CN=C(NCC)NC1CCCC(S(=O)CC)C1. The first kappa shape index (κ1) is 21.7. The molecule has 0 radical (unpaired) electrons. The molecule has 1 heterocycles. The van der Waals surface area contributed by atoms with Crippen molar-refractivity contribution in [2.24, 2.45) is 4.99 Å². The lowest BCUT2D eigenvalue weighted by Gasteiger charge is -2.30. The van der Waals surface area contributed by atoms with Crippen LogP contribution in [0.2, 0.25) is 0 Å². The predicted octanol–water partition coefficient (Wildman–Crippen LogP) is 3.01. The Morgan fingerprint density at radius 2 is 2.22 bits per heavy atom. The van der Waals surface area contributed by atoms with E-state index >= 15 is 0 Å². The molecule has 2 N–H and O–H groups in total. The summed E-state index contributed by atoms with van der Waals surface area (Å²) in [7, 11) is -0.718. The third-order valence-corrected chi connectivity index (χ3v) is 6.41. The second-order valence-electron chi connectivity index (χ2n) is 6.81. The molecule has 0 amide bonds. The molecular weight excluding hydrogens is 360 g/mol. The summed E-state index contributed by atoms with van der Waals surface area (Å²) in [5, 5.41) is 7.17. The van der Waals surface area contributed by atoms with Gasteiger partial charge in [0.1, 0.15) is 0 Å². The van der Waals surface area contributed by atoms with Crippen LogP contribution in [0.15, 0.2) is 23.3 Å². The van der Waals surface area contributed by atoms with Crippen LogP contribution in [-0.2, 0) is 17.3 Å². The Kier molecular flexibility index (Phi) is 9.59. The summed E-state index contributed by atoms with van der Waals surface area (Å²) < 4.78 is 17.9. The second-order valence-corrected chi connectivity index (χ2v) is 8.82. The quantitative estimate of drug-likeness (QED) is 0.497. The Bertz CT molecular complexity index is 624. The minimum absolute atomic E-state index is 0.302. The van der Waals surface area contributed by atoms with Crippen LogP contribution in [-0.4, -0.2) is 45.3 Å². The molecular formula is C20H34N4O2S. The maximum Gasteiger partial charge on any atom is 0.218 e. The van der Waals surface area contributed by atoms with E-state index in [-0.39, 0.29) is 0 Å². The fraction of sp³-hybridized carbons (Fsp3) is 0.700. The molecule has 3 atom stereocenters. The Morgan fingerprint density at radius 1 is 1.37 bits per heavy atom. The second kappa shape index (κ2) is 12.0. The third kappa shape index (κ3) is 7.13. The molecule has 7 heteroatoms. The van der Waals surface area contributed by atoms with Crippen molar-refractivity contribution in [3.63, 3.8) is 0 Å². The molecule has 1 aliphatic carbocycles. The van der Waals surface area contributed by atoms with Crippen LogP contribution in [0.25, 0.3) is 0 Å². The largest absolute Gasteiger partial charge is 0.477 e. The number of guanidine groups is 1. The van der Waals surface area contributed by atoms with Gasteiger partial charge >= 0.3 is 0 Å². The maximum absolute atomic E-state index is 12.2. The van der Waals surface area contributed by atoms with Crippen molar-refractivity contribution >= 4 is 16.8 Å². The van der Waals surface area contributed by atoms with Gasteiger partial charge in [0.25, 0.3) is 0 Å². The summed E-state index contributed by atoms with van der Waals surface area (Å²) >= 11 is 0. The van der Waals surface area contributed by atoms with E-state index in [9.17, 15) is 4.21 Å². The van der Waals surface area contributed by atoms with Crippen molar-refractivity contribution in [1.82, 2.24) is 15.6 Å². The molecule has 1 saturated carbocycles. The average molecular weight is 395 g/mol. The lowest BCUT2D eigenvalue weighted by molar-refractivity contribution is 0.302. The van der Waals surface area contributed by atoms with E-state index in [0.717, 1.165) is 55.9 Å². The molecule has 1 aliphatic rings. The van der Waals surface area contributed by atoms with Crippen molar-refractivity contribution in [2.75, 3.05) is 18.9 Å². The van der Waals surface area contributed by atoms with Crippen LogP contribution in [0, 0.1) is 0 Å². The van der Waals surface area contributed by atoms with Crippen LogP contribution in [0.3, 0.4) is 0 Å². The van der Waals surface area contributed by atoms with Crippen molar-refractivity contribution in [3.8, 4) is 5.88 Å². The number of aliphatic imine (C=N–C) groups is 1. The minimum Gasteiger partial charge on any atom is -0.477 e. The van der Waals surface area contributed by atoms with Gasteiger partial charge in [-0.3, -0.25) is 4.21 Å². The van der Waals surface area contributed by atoms with Crippen LogP contribution < -0.4 is 15.4 Å². The van der Waals surface area contributed by atoms with Gasteiger partial charge in [0.2, 0.25) is 5.88 Å². The molecule has 3 unspecified atom stereocenters. The smallest absolute Gasteiger partial charge is 0.218 e. The number of ether oxygens (including phenoxy) is 1. The summed E-state index contributed by atoms with van der Waals surface area (Å²) in [6, 6.07) is 4.24. The topological polar surface area (TPSA) is 75.6 Å². The molecule has 0 saturated heterocycles. The Morgan fingerprint density at radius 3 is 2.96 bits per heavy atom. The van der Waals surface area contributed by atoms with Gasteiger partial charge in [-0.15, -0.1) is 0 Å². The number of nitrogens with zero attached hydrogens (tertiary/aromatic N) is 2. The van der Waals surface area contributed by atoms with E-state index in [4.69, 9.17) is 9.73 Å². The minimum atomic E-state index is -0.718. The van der Waals surface area contributed by atoms with Gasteiger partial charge in [0.15, 0.2) is 5.96 Å². The summed E-state index contributed by atoms with van der Waals surface area (Å²) in [5.41, 5.74) is 0.983. The number of rotatable bonds is 9. The van der Waals surface area contributed by atoms with E-state index in [2.05, 4.69) is 29.5 Å². The van der Waals surface area contributed by atoms with Crippen LogP contribution in [0.1, 0.15) is 58.4 Å². The van der Waals surface area contributed by atoms with E-state index in [1.165, 1.54) is 0 Å². The zero-order valence-electron chi connectivity index (χ0n) is 16.9. The standard InChI is InChI=1S/C20H34N4O2S/c1-4-13-26-19-16(9-8-12-22-19)15-23-20(21-5-2)24-17-10-7-11-18(14-17)27(25)6-3/h8-9,12,17-18H,4-7,10-11,13-15H2,1-3H3,(H2,21,23,24). The average Bonchev–Trinajstić information content (AvgIpc) is 2.70. The molecule has 0 spiro atoms. The molecule has 1 aromatic heterocycles. The lowest BCUT2D eigenvalue weighted by atomic mass is 9.95. The highest BCUT2D eigenvalue weighted by molar-refractivity contribution is 7.85. The summed E-state index contributed by atoms with van der Waals surface area (Å²) in [4.78, 5) is 9.06. The summed E-state index contributed by atoms with van der Waals surface area (Å²) in [6.45, 7) is 8.12. The zero-order chi connectivity index (χ0) is 19.5. The first-order chi connectivity index (χ1) is 13.2. The highest BCUT2D eigenvalue weighted by atomic mass is 32.2. The molecule has 0 bridgehead atoms. The van der Waals surface area contributed by atoms with Crippen LogP contribution >= 0.6 is 0 Å². The lowest BCUT2D eigenvalue weighted by Crippen LogP contribution is -2.46. The van der Waals surface area contributed by atoms with Gasteiger partial charge in [-0.2, -0.15) is 0 Å². The molecule has 1 aromatic rings. The highest BCUT2D eigenvalue weighted by Gasteiger charge is 2.26. The van der Waals surface area contributed by atoms with Crippen molar-refractivity contribution in [1.29, 1.82) is 0 Å². The Balaban J connectivity index is 2.01. The van der Waals surface area contributed by atoms with Crippen molar-refractivity contribution in [3.05, 3.63) is 23.9 Å². The van der Waals surface area contributed by atoms with Crippen molar-refractivity contribution in [2.45, 2.75) is 70.7 Å². The third-order valence-electron chi connectivity index (χ3n) is 4.67. The van der Waals surface area contributed by atoms with Crippen LogP contribution in [0.4, 0.5) is 0 Å². The van der Waals surface area contributed by atoms with E-state index in [0.29, 0.717) is 30.3 Å². The van der Waals surface area contributed by atoms with E-state index in [1.807, 2.05) is 19.1 Å². The molecule has 1 fully saturated rings. The number of hydrogen-bond donors (Lipinski definition) is 2. The predicted molar refractivity (Wildman–Crippen MR) is 113 cm³/mol. The molecule has 6 nitrogen and oxygen atoms in total. The monoisotopic (exact) mass is 394 g/mol. The highest BCUT2D eigenvalue weighted by Crippen LogP contribution is 2.23. The number of hydrogen-bond acceptors (Lipinski definition) is 4. The molecule has 0 aromatic carbocycles. The number of aromatic nitrogens is 1. The van der Waals surface area contributed by atoms with Crippen LogP contribution in [0.5, 0.6) is 5.88 Å². The molecule has 2 rings (SSSR count). The number of nitrogens with one attached hydrogen (secondary N) is 2. The van der Waals surface area contributed by atoms with Gasteiger partial charge in [-0.05, 0) is 38.7 Å². The maximum atomic E-state index is 12.2. The van der Waals surface area contributed by atoms with Gasteiger partial charge in [-0.25, -0.2) is 9.98 Å². The first-order valence-corrected chi connectivity index (χ1v) is 11.5. The van der Waals surface area contributed by atoms with E-state index in [1.54, 1.807) is 6.20 Å². The summed E-state index contributed by atoms with van der Waals surface area (Å²) in [6.07, 6.45) is 6.93. The Labute approximate surface area is 166 Å². The normalized spacial score (nSPS) is 21.5.